The highest BCUT2D eigenvalue weighted by Gasteiger charge is 2.20. The minimum absolute atomic E-state index is 0. The summed E-state index contributed by atoms with van der Waals surface area (Å²) in [6, 6.07) is 8.32. The summed E-state index contributed by atoms with van der Waals surface area (Å²) < 4.78 is 1.09. The average Bonchev–Trinajstić information content (AvgIpc) is 2.34. The second-order valence-corrected chi connectivity index (χ2v) is 5.94. The van der Waals surface area contributed by atoms with Crippen LogP contribution in [-0.2, 0) is 5.41 Å². The molecule has 0 saturated carbocycles. The van der Waals surface area contributed by atoms with Gasteiger partial charge >= 0.3 is 0 Å². The zero-order valence-electron chi connectivity index (χ0n) is 11.7. The van der Waals surface area contributed by atoms with Gasteiger partial charge in [0, 0.05) is 16.4 Å². The Hall–Kier alpha value is -0.300. The van der Waals surface area contributed by atoms with E-state index >= 15 is 0 Å². The minimum atomic E-state index is -0.0255. The van der Waals surface area contributed by atoms with Crippen LogP contribution in [0.5, 0.6) is 0 Å². The monoisotopic (exact) mass is 439 g/mol. The van der Waals surface area contributed by atoms with Crippen LogP contribution in [0.1, 0.15) is 32.8 Å². The maximum Gasteiger partial charge on any atom is 0.188 e. The summed E-state index contributed by atoms with van der Waals surface area (Å²) in [5.74, 6) is 0.528. The van der Waals surface area contributed by atoms with E-state index in [9.17, 15) is 0 Å². The van der Waals surface area contributed by atoms with E-state index in [0.29, 0.717) is 12.5 Å². The first-order valence-corrected chi connectivity index (χ1v) is 7.05. The third-order valence-electron chi connectivity index (χ3n) is 2.81. The molecule has 0 aromatic heterocycles. The second-order valence-electron chi connectivity index (χ2n) is 5.02. The van der Waals surface area contributed by atoms with E-state index in [-0.39, 0.29) is 29.4 Å². The van der Waals surface area contributed by atoms with Crippen molar-refractivity contribution in [3.63, 3.8) is 0 Å². The van der Waals surface area contributed by atoms with E-state index in [1.165, 1.54) is 5.56 Å². The second kappa shape index (κ2) is 8.79. The third kappa shape index (κ3) is 6.61. The van der Waals surface area contributed by atoms with Crippen LogP contribution < -0.4 is 11.1 Å². The first-order valence-electron chi connectivity index (χ1n) is 6.25. The molecule has 1 rings (SSSR count). The third-order valence-corrected chi connectivity index (χ3v) is 3.30. The molecule has 0 saturated heterocycles. The number of nitrogens with two attached hydrogens (primary N) is 1. The first-order chi connectivity index (χ1) is 8.45. The normalized spacial score (nSPS) is 11.9. The average molecular weight is 440 g/mol. The van der Waals surface area contributed by atoms with Crippen LogP contribution in [0.2, 0.25) is 0 Å². The van der Waals surface area contributed by atoms with Gasteiger partial charge in [0.2, 0.25) is 0 Å². The summed E-state index contributed by atoms with van der Waals surface area (Å²) in [4.78, 5) is 4.41. The molecule has 0 amide bonds. The molecular weight excluding hydrogens is 417 g/mol. The van der Waals surface area contributed by atoms with E-state index in [2.05, 4.69) is 59.1 Å². The molecule has 1 aromatic carbocycles. The summed E-state index contributed by atoms with van der Waals surface area (Å²) in [5, 5.41) is 3.09. The number of nitrogens with one attached hydrogen (secondary N) is 1. The van der Waals surface area contributed by atoms with Gasteiger partial charge in [0.15, 0.2) is 5.96 Å². The Morgan fingerprint density at radius 3 is 2.68 bits per heavy atom. The maximum atomic E-state index is 5.80. The predicted octanol–water partition coefficient (Wildman–Crippen LogP) is 3.66. The highest BCUT2D eigenvalue weighted by Crippen LogP contribution is 2.25. The molecule has 19 heavy (non-hydrogen) atoms. The lowest BCUT2D eigenvalue weighted by Gasteiger charge is -2.23. The van der Waals surface area contributed by atoms with E-state index in [1.807, 2.05) is 12.1 Å². The molecule has 0 aliphatic heterocycles. The van der Waals surface area contributed by atoms with Gasteiger partial charge in [-0.3, -0.25) is 4.99 Å². The number of rotatable bonds is 5. The Kier molecular flexibility index (Phi) is 8.65. The van der Waals surface area contributed by atoms with Crippen LogP contribution >= 0.6 is 39.9 Å². The molecule has 5 heteroatoms. The number of hydrogen-bond donors (Lipinski definition) is 2. The van der Waals surface area contributed by atoms with Crippen LogP contribution in [0.25, 0.3) is 0 Å². The van der Waals surface area contributed by atoms with Gasteiger partial charge in [-0.15, -0.1) is 24.0 Å². The zero-order valence-corrected chi connectivity index (χ0v) is 15.7. The van der Waals surface area contributed by atoms with E-state index in [1.54, 1.807) is 0 Å². The lowest BCUT2D eigenvalue weighted by atomic mass is 9.85. The van der Waals surface area contributed by atoms with Gasteiger partial charge in [-0.25, -0.2) is 0 Å². The van der Waals surface area contributed by atoms with Gasteiger partial charge in [0.05, 0.1) is 6.54 Å². The van der Waals surface area contributed by atoms with E-state index in [0.717, 1.165) is 17.4 Å². The lowest BCUT2D eigenvalue weighted by Crippen LogP contribution is -2.34. The fraction of sp³-hybridized carbons (Fsp3) is 0.500. The standard InChI is InChI=1S/C14H22BrN3.HI/c1-4-8-17-13(16)18-10-14(2,3)11-6-5-7-12(15)9-11;/h5-7,9H,4,8,10H2,1-3H3,(H3,16,17,18);1H. The summed E-state index contributed by atoms with van der Waals surface area (Å²) in [7, 11) is 0. The van der Waals surface area contributed by atoms with Crippen molar-refractivity contribution in [3.8, 4) is 0 Å². The number of halogens is 2. The minimum Gasteiger partial charge on any atom is -0.370 e. The highest BCUT2D eigenvalue weighted by atomic mass is 127. The van der Waals surface area contributed by atoms with Crippen LogP contribution in [-0.4, -0.2) is 19.0 Å². The summed E-state index contributed by atoms with van der Waals surface area (Å²) in [5.41, 5.74) is 7.03. The van der Waals surface area contributed by atoms with Crippen molar-refractivity contribution in [2.45, 2.75) is 32.6 Å². The van der Waals surface area contributed by atoms with Crippen molar-refractivity contribution < 1.29 is 0 Å². The Morgan fingerprint density at radius 1 is 1.42 bits per heavy atom. The molecule has 0 aliphatic rings. The number of guanidine groups is 1. The Balaban J connectivity index is 0.00000324. The first kappa shape index (κ1) is 18.7. The van der Waals surface area contributed by atoms with Crippen molar-refractivity contribution in [2.24, 2.45) is 10.7 Å². The van der Waals surface area contributed by atoms with Crippen LogP contribution in [0.4, 0.5) is 0 Å². The van der Waals surface area contributed by atoms with Crippen LogP contribution in [0.15, 0.2) is 33.7 Å². The zero-order chi connectivity index (χ0) is 13.6. The van der Waals surface area contributed by atoms with Crippen molar-refractivity contribution in [2.75, 3.05) is 13.1 Å². The number of aliphatic imine (C=N–C) groups is 1. The quantitative estimate of drug-likeness (QED) is 0.418. The van der Waals surface area contributed by atoms with Crippen molar-refractivity contribution >= 4 is 45.9 Å². The molecule has 3 N–H and O–H groups in total. The highest BCUT2D eigenvalue weighted by molar-refractivity contribution is 14.0. The topological polar surface area (TPSA) is 50.4 Å². The smallest absolute Gasteiger partial charge is 0.188 e. The molecule has 0 heterocycles. The van der Waals surface area contributed by atoms with Crippen molar-refractivity contribution in [1.82, 2.24) is 5.32 Å². The van der Waals surface area contributed by atoms with Crippen molar-refractivity contribution in [3.05, 3.63) is 34.3 Å². The van der Waals surface area contributed by atoms with Crippen LogP contribution in [0.3, 0.4) is 0 Å². The molecule has 0 unspecified atom stereocenters. The lowest BCUT2D eigenvalue weighted by molar-refractivity contribution is 0.538. The van der Waals surface area contributed by atoms with Crippen molar-refractivity contribution in [1.29, 1.82) is 0 Å². The Labute approximate surface area is 141 Å². The van der Waals surface area contributed by atoms with Crippen LogP contribution in [0, 0.1) is 0 Å². The number of nitrogens with zero attached hydrogens (tertiary/aromatic N) is 1. The largest absolute Gasteiger partial charge is 0.370 e. The molecule has 0 fully saturated rings. The van der Waals surface area contributed by atoms with Gasteiger partial charge in [0.25, 0.3) is 0 Å². The van der Waals surface area contributed by atoms with E-state index in [4.69, 9.17) is 5.73 Å². The van der Waals surface area contributed by atoms with Gasteiger partial charge in [-0.1, -0.05) is 48.8 Å². The van der Waals surface area contributed by atoms with Gasteiger partial charge in [-0.05, 0) is 24.1 Å². The summed E-state index contributed by atoms with van der Waals surface area (Å²) in [6.07, 6.45) is 1.05. The Morgan fingerprint density at radius 2 is 2.11 bits per heavy atom. The molecule has 0 aliphatic carbocycles. The fourth-order valence-corrected chi connectivity index (χ4v) is 1.99. The molecule has 108 valence electrons. The summed E-state index contributed by atoms with van der Waals surface area (Å²) >= 11 is 3.50. The molecule has 0 spiro atoms. The molecule has 3 nitrogen and oxygen atoms in total. The predicted molar refractivity (Wildman–Crippen MR) is 97.4 cm³/mol. The fourth-order valence-electron chi connectivity index (χ4n) is 1.59. The molecule has 0 bridgehead atoms. The number of hydrogen-bond acceptors (Lipinski definition) is 1. The molecule has 0 radical (unpaired) electrons. The van der Waals surface area contributed by atoms with Gasteiger partial charge in [-0.2, -0.15) is 0 Å². The molecule has 1 aromatic rings. The maximum absolute atomic E-state index is 5.80. The van der Waals surface area contributed by atoms with E-state index < -0.39 is 0 Å². The molecular formula is C14H23BrIN3. The summed E-state index contributed by atoms with van der Waals surface area (Å²) in [6.45, 7) is 7.99. The van der Waals surface area contributed by atoms with Gasteiger partial charge < -0.3 is 11.1 Å². The van der Waals surface area contributed by atoms with Gasteiger partial charge in [0.1, 0.15) is 0 Å². The molecule has 0 atom stereocenters. The number of benzene rings is 1. The SMILES string of the molecule is CCCNC(N)=NCC(C)(C)c1cccc(Br)c1.I. The Bertz CT molecular complexity index is 419.